The third kappa shape index (κ3) is 16.6. The van der Waals surface area contributed by atoms with Crippen LogP contribution in [0, 0.1) is 0 Å². The number of hydrogen-bond acceptors (Lipinski definition) is 10. The lowest BCUT2D eigenvalue weighted by Gasteiger charge is -2.34. The Kier molecular flexibility index (Phi) is 23.3. The number of hydrogen-bond donors (Lipinski definition) is 0. The first-order valence-electron chi connectivity index (χ1n) is 16.0. The van der Waals surface area contributed by atoms with Gasteiger partial charge in [-0.15, -0.1) is 0 Å². The molecule has 0 amide bonds. The van der Waals surface area contributed by atoms with E-state index in [-0.39, 0.29) is 0 Å². The maximum Gasteiger partial charge on any atom is 0.501 e. The van der Waals surface area contributed by atoms with Crippen molar-refractivity contribution >= 4 is 17.6 Å². The molecule has 0 spiro atoms. The second kappa shape index (κ2) is 24.5. The largest absolute Gasteiger partial charge is 0.501 e. The van der Waals surface area contributed by atoms with Gasteiger partial charge >= 0.3 is 17.6 Å². The Morgan fingerprint density at radius 2 is 0.700 bits per heavy atom. The van der Waals surface area contributed by atoms with Crippen LogP contribution in [0.5, 0.6) is 0 Å². The van der Waals surface area contributed by atoms with Crippen molar-refractivity contribution < 1.29 is 36.0 Å². The topological polar surface area (TPSA) is 80.3 Å². The quantitative estimate of drug-likeness (QED) is 0.0945. The monoisotopic (exact) mass is 610 g/mol. The van der Waals surface area contributed by atoms with Gasteiger partial charge in [0, 0.05) is 117 Å². The van der Waals surface area contributed by atoms with E-state index in [0.717, 1.165) is 103 Å². The highest BCUT2D eigenvalue weighted by Gasteiger charge is 2.40. The average molecular weight is 611 g/mol. The third-order valence-corrected chi connectivity index (χ3v) is 13.0. The van der Waals surface area contributed by atoms with Crippen molar-refractivity contribution in [3.63, 3.8) is 0 Å². The molecule has 0 aliphatic carbocycles. The zero-order valence-corrected chi connectivity index (χ0v) is 28.7. The van der Waals surface area contributed by atoms with Crippen LogP contribution in [0.2, 0.25) is 12.1 Å². The van der Waals surface area contributed by atoms with Crippen molar-refractivity contribution in [2.75, 3.05) is 105 Å². The van der Waals surface area contributed by atoms with E-state index >= 15 is 0 Å². The van der Waals surface area contributed by atoms with E-state index < -0.39 is 17.6 Å². The Morgan fingerprint density at radius 3 is 0.975 bits per heavy atom. The molecule has 1 aliphatic rings. The summed E-state index contributed by atoms with van der Waals surface area (Å²) in [7, 11) is -5.09. The van der Waals surface area contributed by atoms with Gasteiger partial charge < -0.3 is 45.8 Å². The highest BCUT2D eigenvalue weighted by Crippen LogP contribution is 2.19. The summed E-state index contributed by atoms with van der Waals surface area (Å²) in [6.07, 6.45) is 3.95. The van der Waals surface area contributed by atoms with Crippen LogP contribution >= 0.6 is 0 Å². The van der Waals surface area contributed by atoms with E-state index in [9.17, 15) is 0 Å². The van der Waals surface area contributed by atoms with Gasteiger partial charge in [-0.25, -0.2) is 0 Å². The van der Waals surface area contributed by atoms with E-state index in [0.29, 0.717) is 39.6 Å². The molecule has 1 fully saturated rings. The zero-order valence-electron chi connectivity index (χ0n) is 26.7. The molecule has 12 heteroatoms. The molecule has 1 aliphatic heterocycles. The molecule has 0 unspecified atom stereocenters. The molecule has 1 heterocycles. The molecule has 0 aromatic heterocycles. The first-order chi connectivity index (χ1) is 19.5. The number of rotatable bonds is 28. The molecule has 0 N–H and O–H groups in total. The first-order valence-corrected chi connectivity index (χ1v) is 19.8. The molecule has 0 aromatic rings. The fourth-order valence-electron chi connectivity index (χ4n) is 5.01. The SMILES string of the molecule is CCO[Si](CCCOCCCN1CCN(CCCOCCC[Si](OCC)(OCC)OCC)CC1)(OCC)OCC. The Balaban J connectivity index is 2.07. The van der Waals surface area contributed by atoms with Crippen LogP contribution in [-0.2, 0) is 36.0 Å². The van der Waals surface area contributed by atoms with E-state index in [2.05, 4.69) is 9.80 Å². The Hall–Kier alpha value is 0.0338. The second-order valence-corrected chi connectivity index (χ2v) is 15.3. The van der Waals surface area contributed by atoms with Gasteiger partial charge in [-0.2, -0.15) is 0 Å². The van der Waals surface area contributed by atoms with Crippen LogP contribution in [0.1, 0.15) is 67.2 Å². The minimum atomic E-state index is -2.54. The Labute approximate surface area is 248 Å². The Morgan fingerprint density at radius 1 is 0.425 bits per heavy atom. The summed E-state index contributed by atoms with van der Waals surface area (Å²) in [6, 6.07) is 1.63. The predicted molar refractivity (Wildman–Crippen MR) is 164 cm³/mol. The summed E-state index contributed by atoms with van der Waals surface area (Å²) < 4.78 is 47.3. The summed E-state index contributed by atoms with van der Waals surface area (Å²) in [4.78, 5) is 5.11. The summed E-state index contributed by atoms with van der Waals surface area (Å²) >= 11 is 0. The van der Waals surface area contributed by atoms with Gasteiger partial charge in [0.2, 0.25) is 0 Å². The third-order valence-electron chi connectivity index (χ3n) is 6.72. The first kappa shape index (κ1) is 38.1. The van der Waals surface area contributed by atoms with Gasteiger partial charge in [-0.05, 0) is 67.2 Å². The van der Waals surface area contributed by atoms with Crippen molar-refractivity contribution in [1.29, 1.82) is 0 Å². The number of piperazine rings is 1. The van der Waals surface area contributed by atoms with E-state index in [1.807, 2.05) is 41.5 Å². The van der Waals surface area contributed by atoms with Crippen LogP contribution in [0.15, 0.2) is 0 Å². The van der Waals surface area contributed by atoms with Crippen LogP contribution in [0.3, 0.4) is 0 Å². The summed E-state index contributed by atoms with van der Waals surface area (Å²) in [5.74, 6) is 0. The van der Waals surface area contributed by atoms with Crippen LogP contribution in [0.25, 0.3) is 0 Å². The molecule has 0 aromatic carbocycles. The molecule has 0 radical (unpaired) electrons. The minimum Gasteiger partial charge on any atom is -0.381 e. The second-order valence-electron chi connectivity index (χ2n) is 9.79. The molecule has 0 saturated carbocycles. The van der Waals surface area contributed by atoms with Crippen molar-refractivity contribution in [3.8, 4) is 0 Å². The molecule has 0 bridgehead atoms. The maximum atomic E-state index is 5.92. The van der Waals surface area contributed by atoms with Crippen molar-refractivity contribution in [2.45, 2.75) is 79.3 Å². The molecule has 240 valence electrons. The summed E-state index contributed by atoms with van der Waals surface area (Å²) in [5, 5.41) is 0. The highest BCUT2D eigenvalue weighted by molar-refractivity contribution is 6.61. The molecule has 10 nitrogen and oxygen atoms in total. The lowest BCUT2D eigenvalue weighted by molar-refractivity contribution is 0.0624. The van der Waals surface area contributed by atoms with E-state index in [4.69, 9.17) is 36.0 Å². The van der Waals surface area contributed by atoms with Crippen molar-refractivity contribution in [2.24, 2.45) is 0 Å². The maximum absolute atomic E-state index is 5.92. The molecular weight excluding hydrogens is 548 g/mol. The van der Waals surface area contributed by atoms with Gasteiger partial charge in [-0.3, -0.25) is 0 Å². The van der Waals surface area contributed by atoms with Crippen LogP contribution in [0.4, 0.5) is 0 Å². The average Bonchev–Trinajstić information content (AvgIpc) is 2.94. The predicted octanol–water partition coefficient (Wildman–Crippen LogP) is 4.29. The molecule has 0 atom stereocenters. The van der Waals surface area contributed by atoms with Gasteiger partial charge in [0.15, 0.2) is 0 Å². The normalized spacial score (nSPS) is 15.8. The number of nitrogens with zero attached hydrogens (tertiary/aromatic N) is 2. The van der Waals surface area contributed by atoms with Gasteiger partial charge in [0.25, 0.3) is 0 Å². The highest BCUT2D eigenvalue weighted by atomic mass is 28.4. The van der Waals surface area contributed by atoms with E-state index in [1.54, 1.807) is 0 Å². The standard InChI is InChI=1S/C28H62N2O8Si2/c1-7-33-39(34-8-2,35-9-3)27-15-25-31-23-13-17-29-19-21-30(22-20-29)18-14-24-32-26-16-28-40(36-10-4,37-11-5)38-12-6/h7-28H2,1-6H3. The smallest absolute Gasteiger partial charge is 0.381 e. The fourth-order valence-corrected chi connectivity index (χ4v) is 10.2. The Bertz CT molecular complexity index is 492. The molecule has 1 rings (SSSR count). The van der Waals surface area contributed by atoms with Gasteiger partial charge in [-0.1, -0.05) is 0 Å². The van der Waals surface area contributed by atoms with Gasteiger partial charge in [0.1, 0.15) is 0 Å². The fraction of sp³-hybridized carbons (Fsp3) is 1.00. The van der Waals surface area contributed by atoms with Crippen molar-refractivity contribution in [3.05, 3.63) is 0 Å². The van der Waals surface area contributed by atoms with Gasteiger partial charge in [0.05, 0.1) is 0 Å². The summed E-state index contributed by atoms with van der Waals surface area (Å²) in [5.41, 5.74) is 0. The molecule has 1 saturated heterocycles. The summed E-state index contributed by atoms with van der Waals surface area (Å²) in [6.45, 7) is 25.5. The lowest BCUT2D eigenvalue weighted by atomic mass is 10.2. The van der Waals surface area contributed by atoms with Crippen molar-refractivity contribution in [1.82, 2.24) is 9.80 Å². The zero-order chi connectivity index (χ0) is 29.4. The molecule has 40 heavy (non-hydrogen) atoms. The molecular formula is C28H62N2O8Si2. The number of ether oxygens (including phenoxy) is 2. The van der Waals surface area contributed by atoms with E-state index in [1.165, 1.54) is 0 Å². The van der Waals surface area contributed by atoms with Crippen LogP contribution in [-0.4, -0.2) is 133 Å². The van der Waals surface area contributed by atoms with Crippen LogP contribution < -0.4 is 0 Å². The lowest BCUT2D eigenvalue weighted by Crippen LogP contribution is -2.47. The minimum absolute atomic E-state index is 0.621.